The lowest BCUT2D eigenvalue weighted by Crippen LogP contribution is -2.29. The van der Waals surface area contributed by atoms with Crippen molar-refractivity contribution in [2.24, 2.45) is 0 Å². The molecule has 0 radical (unpaired) electrons. The summed E-state index contributed by atoms with van der Waals surface area (Å²) < 4.78 is 31.2. The van der Waals surface area contributed by atoms with E-state index < -0.39 is 11.9 Å². The minimum atomic E-state index is -0.719. The first-order chi connectivity index (χ1) is 18.3. The van der Waals surface area contributed by atoms with Gasteiger partial charge in [-0.25, -0.2) is 4.39 Å². The van der Waals surface area contributed by atoms with Crippen molar-refractivity contribution in [2.45, 2.75) is 46.2 Å². The van der Waals surface area contributed by atoms with E-state index in [1.165, 1.54) is 12.1 Å². The second-order valence-electron chi connectivity index (χ2n) is 9.68. The van der Waals surface area contributed by atoms with Crippen LogP contribution in [0.2, 0.25) is 0 Å². The van der Waals surface area contributed by atoms with Crippen molar-refractivity contribution in [3.8, 4) is 11.5 Å². The molecule has 0 saturated carbocycles. The normalized spacial score (nSPS) is 14.7. The van der Waals surface area contributed by atoms with Crippen LogP contribution < -0.4 is 14.9 Å². The van der Waals surface area contributed by atoms with E-state index in [4.69, 9.17) is 13.9 Å². The van der Waals surface area contributed by atoms with Gasteiger partial charge in [0.1, 0.15) is 11.4 Å². The molecule has 0 spiro atoms. The van der Waals surface area contributed by atoms with Gasteiger partial charge in [-0.15, -0.1) is 0 Å². The minimum absolute atomic E-state index is 0.0279. The zero-order chi connectivity index (χ0) is 27.0. The zero-order valence-electron chi connectivity index (χ0n) is 22.0. The molecule has 1 aliphatic heterocycles. The molecule has 2 heterocycles. The van der Waals surface area contributed by atoms with Crippen molar-refractivity contribution < 1.29 is 23.1 Å². The number of aryl methyl sites for hydroxylation is 2. The first-order valence-corrected chi connectivity index (χ1v) is 12.8. The Morgan fingerprint density at radius 1 is 0.974 bits per heavy atom. The Labute approximate surface area is 220 Å². The minimum Gasteiger partial charge on any atom is -0.493 e. The number of carbonyl (C=O) groups excluding carboxylic acids is 1. The number of fused-ring (bicyclic) bond motifs is 2. The van der Waals surface area contributed by atoms with Gasteiger partial charge in [0.2, 0.25) is 5.76 Å². The molecular formula is C31H30FNO5. The number of unbranched alkanes of at least 4 members (excludes halogenated alkanes) is 1. The van der Waals surface area contributed by atoms with E-state index in [2.05, 4.69) is 6.92 Å². The number of ether oxygens (including phenoxy) is 2. The molecule has 3 aromatic carbocycles. The SMILES string of the molecule is CCCCOc1ccc(C2c3c(oc4cc(C)c(C)cc4c3=O)C(=O)N2Cc2ccc(F)cc2)cc1OC. The summed E-state index contributed by atoms with van der Waals surface area (Å²) >= 11 is 0. The van der Waals surface area contributed by atoms with Gasteiger partial charge in [0, 0.05) is 6.54 Å². The molecule has 0 bridgehead atoms. The molecule has 1 aromatic heterocycles. The molecule has 1 aliphatic rings. The highest BCUT2D eigenvalue weighted by atomic mass is 19.1. The van der Waals surface area contributed by atoms with Gasteiger partial charge in [-0.2, -0.15) is 0 Å². The van der Waals surface area contributed by atoms with E-state index in [1.54, 1.807) is 42.3 Å². The molecule has 4 aromatic rings. The third kappa shape index (κ3) is 4.53. The summed E-state index contributed by atoms with van der Waals surface area (Å²) in [6.45, 7) is 6.68. The van der Waals surface area contributed by atoms with Crippen LogP contribution in [0.1, 0.15) is 64.2 Å². The first-order valence-electron chi connectivity index (χ1n) is 12.8. The second-order valence-corrected chi connectivity index (χ2v) is 9.68. The van der Waals surface area contributed by atoms with Crippen LogP contribution in [-0.2, 0) is 6.54 Å². The average Bonchev–Trinajstić information content (AvgIpc) is 3.18. The summed E-state index contributed by atoms with van der Waals surface area (Å²) in [6, 6.07) is 14.3. The number of benzene rings is 3. The summed E-state index contributed by atoms with van der Waals surface area (Å²) in [4.78, 5) is 29.3. The van der Waals surface area contributed by atoms with Crippen LogP contribution in [0.5, 0.6) is 11.5 Å². The van der Waals surface area contributed by atoms with Crippen LogP contribution >= 0.6 is 0 Å². The number of methoxy groups -OCH3 is 1. The maximum absolute atomic E-state index is 13.9. The lowest BCUT2D eigenvalue weighted by molar-refractivity contribution is 0.0714. The quantitative estimate of drug-likeness (QED) is 0.251. The zero-order valence-corrected chi connectivity index (χ0v) is 22.0. The topological polar surface area (TPSA) is 69.0 Å². The standard InChI is InChI=1S/C31H30FNO5/c1-5-6-13-37-24-12-9-21(16-26(24)36-4)28-27-29(34)23-14-18(2)19(3)15-25(23)38-30(27)31(35)33(28)17-20-7-10-22(32)11-8-20/h7-12,14-16,28H,5-6,13,17H2,1-4H3. The smallest absolute Gasteiger partial charge is 0.291 e. The highest BCUT2D eigenvalue weighted by Gasteiger charge is 2.43. The molecule has 0 aliphatic carbocycles. The Bertz CT molecular complexity index is 1570. The molecule has 196 valence electrons. The van der Waals surface area contributed by atoms with Crippen molar-refractivity contribution >= 4 is 16.9 Å². The fourth-order valence-electron chi connectivity index (χ4n) is 4.87. The van der Waals surface area contributed by atoms with E-state index in [1.807, 2.05) is 26.0 Å². The Morgan fingerprint density at radius 3 is 2.42 bits per heavy atom. The summed E-state index contributed by atoms with van der Waals surface area (Å²) in [5.74, 6) is 0.376. The lowest BCUT2D eigenvalue weighted by atomic mass is 9.97. The number of hydrogen-bond donors (Lipinski definition) is 0. The molecule has 7 heteroatoms. The lowest BCUT2D eigenvalue weighted by Gasteiger charge is -2.26. The molecule has 1 unspecified atom stereocenters. The predicted octanol–water partition coefficient (Wildman–Crippen LogP) is 6.48. The fraction of sp³-hybridized carbons (Fsp3) is 0.290. The van der Waals surface area contributed by atoms with Crippen LogP contribution in [-0.4, -0.2) is 24.5 Å². The Balaban J connectivity index is 1.67. The maximum Gasteiger partial charge on any atom is 0.291 e. The van der Waals surface area contributed by atoms with Crippen LogP contribution in [0, 0.1) is 19.7 Å². The van der Waals surface area contributed by atoms with Gasteiger partial charge in [-0.05, 0) is 78.9 Å². The largest absolute Gasteiger partial charge is 0.493 e. The van der Waals surface area contributed by atoms with Crippen molar-refractivity contribution in [3.63, 3.8) is 0 Å². The van der Waals surface area contributed by atoms with Gasteiger partial charge in [0.05, 0.1) is 30.7 Å². The maximum atomic E-state index is 13.9. The van der Waals surface area contributed by atoms with Crippen LogP contribution in [0.15, 0.2) is 63.8 Å². The number of nitrogens with zero attached hydrogens (tertiary/aromatic N) is 1. The number of halogens is 1. The molecular weight excluding hydrogens is 485 g/mol. The number of amides is 1. The van der Waals surface area contributed by atoms with Gasteiger partial charge in [0.15, 0.2) is 16.9 Å². The van der Waals surface area contributed by atoms with E-state index in [0.717, 1.165) is 29.5 Å². The van der Waals surface area contributed by atoms with Crippen LogP contribution in [0.25, 0.3) is 11.0 Å². The van der Waals surface area contributed by atoms with E-state index in [-0.39, 0.29) is 29.1 Å². The Hall–Kier alpha value is -4.13. The highest BCUT2D eigenvalue weighted by molar-refractivity contribution is 5.99. The first kappa shape index (κ1) is 25.5. The molecule has 1 atom stereocenters. The summed E-state index contributed by atoms with van der Waals surface area (Å²) in [5.41, 5.74) is 3.77. The van der Waals surface area contributed by atoms with Gasteiger partial charge < -0.3 is 18.8 Å². The Kier molecular flexibility index (Phi) is 6.93. The monoisotopic (exact) mass is 515 g/mol. The second kappa shape index (κ2) is 10.3. The fourth-order valence-corrected chi connectivity index (χ4v) is 4.87. The van der Waals surface area contributed by atoms with Gasteiger partial charge in [-0.3, -0.25) is 9.59 Å². The highest BCUT2D eigenvalue weighted by Crippen LogP contribution is 2.42. The molecule has 5 rings (SSSR count). The van der Waals surface area contributed by atoms with Crippen LogP contribution in [0.4, 0.5) is 4.39 Å². The molecule has 0 N–H and O–H groups in total. The molecule has 1 amide bonds. The van der Waals surface area contributed by atoms with E-state index >= 15 is 0 Å². The number of carbonyl (C=O) groups is 1. The van der Waals surface area contributed by atoms with E-state index in [9.17, 15) is 14.0 Å². The van der Waals surface area contributed by atoms with Crippen molar-refractivity contribution in [1.82, 2.24) is 4.90 Å². The van der Waals surface area contributed by atoms with Gasteiger partial charge in [0.25, 0.3) is 5.91 Å². The summed E-state index contributed by atoms with van der Waals surface area (Å²) in [7, 11) is 1.56. The van der Waals surface area contributed by atoms with Crippen molar-refractivity contribution in [3.05, 3.63) is 104 Å². The third-order valence-electron chi connectivity index (χ3n) is 7.11. The number of rotatable bonds is 8. The van der Waals surface area contributed by atoms with Gasteiger partial charge in [-0.1, -0.05) is 31.5 Å². The van der Waals surface area contributed by atoms with Gasteiger partial charge >= 0.3 is 0 Å². The molecule has 38 heavy (non-hydrogen) atoms. The molecule has 6 nitrogen and oxygen atoms in total. The van der Waals surface area contributed by atoms with Crippen molar-refractivity contribution in [2.75, 3.05) is 13.7 Å². The summed E-state index contributed by atoms with van der Waals surface area (Å²) in [6.07, 6.45) is 1.91. The van der Waals surface area contributed by atoms with Crippen LogP contribution in [0.3, 0.4) is 0 Å². The average molecular weight is 516 g/mol. The van der Waals surface area contributed by atoms with E-state index in [0.29, 0.717) is 34.6 Å². The van der Waals surface area contributed by atoms with Crippen molar-refractivity contribution in [1.29, 1.82) is 0 Å². The Morgan fingerprint density at radius 2 is 1.71 bits per heavy atom. The molecule has 0 fully saturated rings. The molecule has 0 saturated heterocycles. The number of hydrogen-bond acceptors (Lipinski definition) is 5. The predicted molar refractivity (Wildman–Crippen MR) is 143 cm³/mol. The third-order valence-corrected chi connectivity index (χ3v) is 7.11. The summed E-state index contributed by atoms with van der Waals surface area (Å²) in [5, 5.41) is 0.430.